The van der Waals surface area contributed by atoms with Crippen molar-refractivity contribution >= 4 is 0 Å². The molecule has 0 saturated heterocycles. The molecule has 5 nitrogen and oxygen atoms in total. The van der Waals surface area contributed by atoms with Gasteiger partial charge in [0.15, 0.2) is 5.60 Å². The number of aromatic nitrogens is 4. The van der Waals surface area contributed by atoms with Crippen molar-refractivity contribution in [1.29, 1.82) is 0 Å². The summed E-state index contributed by atoms with van der Waals surface area (Å²) in [5, 5.41) is 14.7. The van der Waals surface area contributed by atoms with Gasteiger partial charge in [-0.05, 0) is 35.6 Å². The van der Waals surface area contributed by atoms with E-state index in [-0.39, 0.29) is 16.8 Å². The van der Waals surface area contributed by atoms with Crippen LogP contribution in [0, 0.1) is 5.41 Å². The monoisotopic (exact) mass is 392 g/mol. The third kappa shape index (κ3) is 4.27. The van der Waals surface area contributed by atoms with Crippen molar-refractivity contribution in [3.05, 3.63) is 66.0 Å². The number of hydrogen-bond donors (Lipinski definition) is 2. The molecule has 3 rings (SSSR count). The summed E-state index contributed by atoms with van der Waals surface area (Å²) in [7, 11) is 0. The number of hydrogen-bond acceptors (Lipinski definition) is 3. The third-order valence-corrected chi connectivity index (χ3v) is 4.41. The smallest absolute Gasteiger partial charge is 0.376 e. The fraction of sp³-hybridized carbons (Fsp3) is 0.400. The van der Waals surface area contributed by atoms with E-state index in [4.69, 9.17) is 0 Å². The van der Waals surface area contributed by atoms with Gasteiger partial charge in [0.1, 0.15) is 5.82 Å². The highest BCUT2D eigenvalue weighted by Gasteiger charge is 2.55. The summed E-state index contributed by atoms with van der Waals surface area (Å²) in [6, 6.07) is 7.23. The zero-order valence-corrected chi connectivity index (χ0v) is 16.0. The van der Waals surface area contributed by atoms with Gasteiger partial charge in [-0.1, -0.05) is 32.9 Å². The second-order valence-corrected chi connectivity index (χ2v) is 8.12. The summed E-state index contributed by atoms with van der Waals surface area (Å²) in [5.74, 6) is 0.0928. The van der Waals surface area contributed by atoms with Crippen LogP contribution in [-0.4, -0.2) is 31.0 Å². The number of H-pyrrole nitrogens is 1. The molecule has 1 aromatic carbocycles. The minimum Gasteiger partial charge on any atom is -0.376 e. The van der Waals surface area contributed by atoms with Crippen LogP contribution in [0.15, 0.2) is 48.9 Å². The van der Waals surface area contributed by atoms with Crippen molar-refractivity contribution in [1.82, 2.24) is 19.7 Å². The largest absolute Gasteiger partial charge is 0.421 e. The quantitative estimate of drug-likeness (QED) is 0.685. The molecule has 2 aromatic heterocycles. The Balaban J connectivity index is 1.89. The van der Waals surface area contributed by atoms with E-state index in [0.717, 1.165) is 5.69 Å². The van der Waals surface area contributed by atoms with E-state index in [2.05, 4.69) is 15.1 Å². The number of imidazole rings is 1. The van der Waals surface area contributed by atoms with Gasteiger partial charge in [-0.25, -0.2) is 9.67 Å². The number of rotatable bonds is 5. The Hall–Kier alpha value is -2.61. The maximum Gasteiger partial charge on any atom is 0.421 e. The van der Waals surface area contributed by atoms with Crippen LogP contribution in [-0.2, 0) is 18.4 Å². The first-order valence-electron chi connectivity index (χ1n) is 8.90. The summed E-state index contributed by atoms with van der Waals surface area (Å²) in [6.45, 7) is 6.09. The van der Waals surface area contributed by atoms with Gasteiger partial charge in [0.2, 0.25) is 0 Å². The van der Waals surface area contributed by atoms with E-state index in [9.17, 15) is 18.3 Å². The molecule has 8 heteroatoms. The van der Waals surface area contributed by atoms with Crippen molar-refractivity contribution in [2.24, 2.45) is 5.41 Å². The normalized spacial score (nSPS) is 14.8. The summed E-state index contributed by atoms with van der Waals surface area (Å²) in [6.07, 6.45) is -0.128. The number of alkyl halides is 3. The van der Waals surface area contributed by atoms with Crippen LogP contribution in [0.4, 0.5) is 13.2 Å². The van der Waals surface area contributed by atoms with Crippen LogP contribution in [0.3, 0.4) is 0 Å². The van der Waals surface area contributed by atoms with Crippen LogP contribution in [0.5, 0.6) is 0 Å². The summed E-state index contributed by atoms with van der Waals surface area (Å²) < 4.78 is 43.0. The van der Waals surface area contributed by atoms with E-state index in [0.29, 0.717) is 12.1 Å². The van der Waals surface area contributed by atoms with Gasteiger partial charge in [0.05, 0.1) is 5.69 Å². The zero-order valence-electron chi connectivity index (χ0n) is 16.0. The van der Waals surface area contributed by atoms with Crippen LogP contribution >= 0.6 is 0 Å². The molecule has 0 aliphatic rings. The van der Waals surface area contributed by atoms with Crippen molar-refractivity contribution < 1.29 is 18.3 Å². The first-order chi connectivity index (χ1) is 13.0. The predicted octanol–water partition coefficient (Wildman–Crippen LogP) is 4.18. The highest BCUT2D eigenvalue weighted by Crippen LogP contribution is 2.41. The maximum atomic E-state index is 13.8. The Morgan fingerprint density at radius 2 is 1.75 bits per heavy atom. The van der Waals surface area contributed by atoms with Crippen molar-refractivity contribution in [2.75, 3.05) is 0 Å². The molecule has 0 radical (unpaired) electrons. The molecule has 0 bridgehead atoms. The van der Waals surface area contributed by atoms with E-state index < -0.39 is 18.2 Å². The summed E-state index contributed by atoms with van der Waals surface area (Å²) in [4.78, 5) is 6.97. The molecule has 3 aromatic rings. The predicted molar refractivity (Wildman–Crippen MR) is 99.0 cm³/mol. The molecule has 0 saturated carbocycles. The highest BCUT2D eigenvalue weighted by molar-refractivity contribution is 5.37. The summed E-state index contributed by atoms with van der Waals surface area (Å²) >= 11 is 0. The number of benzene rings is 1. The molecule has 0 spiro atoms. The molecule has 0 aliphatic carbocycles. The van der Waals surface area contributed by atoms with Crippen LogP contribution in [0.1, 0.15) is 37.9 Å². The number of nitrogens with one attached hydrogen (secondary N) is 1. The maximum absolute atomic E-state index is 13.8. The minimum atomic E-state index is -4.86. The molecule has 150 valence electrons. The lowest BCUT2D eigenvalue weighted by molar-refractivity contribution is -0.266. The molecule has 1 atom stereocenters. The second kappa shape index (κ2) is 7.09. The Bertz CT molecular complexity index is 908. The SMILES string of the molecule is CC(C)(C)Cc1cnc(CC(O)(c2ccc(-n3cccn3)cc2)C(F)(F)F)[nH]1. The molecule has 2 N–H and O–H groups in total. The van der Waals surface area contributed by atoms with Gasteiger partial charge in [0.25, 0.3) is 0 Å². The fourth-order valence-corrected chi connectivity index (χ4v) is 3.08. The number of halogens is 3. The average Bonchev–Trinajstić information content (AvgIpc) is 3.24. The lowest BCUT2D eigenvalue weighted by Crippen LogP contribution is -2.44. The van der Waals surface area contributed by atoms with Gasteiger partial charge in [-0.3, -0.25) is 0 Å². The Labute approximate surface area is 161 Å². The third-order valence-electron chi connectivity index (χ3n) is 4.41. The Morgan fingerprint density at radius 1 is 1.07 bits per heavy atom. The zero-order chi connectivity index (χ0) is 20.6. The topological polar surface area (TPSA) is 66.7 Å². The molecule has 1 unspecified atom stereocenters. The summed E-state index contributed by atoms with van der Waals surface area (Å²) in [5.41, 5.74) is -1.99. The molecule has 0 amide bonds. The highest BCUT2D eigenvalue weighted by atomic mass is 19.4. The van der Waals surface area contributed by atoms with Gasteiger partial charge in [-0.15, -0.1) is 0 Å². The average molecular weight is 392 g/mol. The molecular formula is C20H23F3N4O. The van der Waals surface area contributed by atoms with Crippen molar-refractivity contribution in [3.8, 4) is 5.69 Å². The van der Waals surface area contributed by atoms with E-state index in [1.165, 1.54) is 35.1 Å². The minimum absolute atomic E-state index is 0.0353. The standard InChI is InChI=1S/C20H23F3N4O/c1-18(2,3)11-15-13-24-17(26-15)12-19(28,20(21,22)23)14-5-7-16(8-6-14)27-10-4-9-25-27/h4-10,13,28H,11-12H2,1-3H3,(H,24,26). The van der Waals surface area contributed by atoms with E-state index in [1.807, 2.05) is 20.8 Å². The first kappa shape index (κ1) is 20.1. The van der Waals surface area contributed by atoms with E-state index >= 15 is 0 Å². The lowest BCUT2D eigenvalue weighted by atomic mass is 9.89. The molecule has 0 aliphatic heterocycles. The van der Waals surface area contributed by atoms with E-state index in [1.54, 1.807) is 18.5 Å². The van der Waals surface area contributed by atoms with Gasteiger partial charge in [0, 0.05) is 30.7 Å². The van der Waals surface area contributed by atoms with Crippen LogP contribution < -0.4 is 0 Å². The number of nitrogens with zero attached hydrogens (tertiary/aromatic N) is 3. The molecule has 2 heterocycles. The number of aliphatic hydroxyl groups is 1. The Morgan fingerprint density at radius 3 is 2.29 bits per heavy atom. The van der Waals surface area contributed by atoms with Crippen molar-refractivity contribution in [3.63, 3.8) is 0 Å². The first-order valence-corrected chi connectivity index (χ1v) is 8.90. The Kier molecular flexibility index (Phi) is 5.10. The van der Waals surface area contributed by atoms with Crippen LogP contribution in [0.2, 0.25) is 0 Å². The van der Waals surface area contributed by atoms with Crippen LogP contribution in [0.25, 0.3) is 5.69 Å². The second-order valence-electron chi connectivity index (χ2n) is 8.12. The molecule has 0 fully saturated rings. The van der Waals surface area contributed by atoms with Gasteiger partial charge in [-0.2, -0.15) is 18.3 Å². The molecule has 28 heavy (non-hydrogen) atoms. The lowest BCUT2D eigenvalue weighted by Gasteiger charge is -2.30. The van der Waals surface area contributed by atoms with Gasteiger partial charge < -0.3 is 10.1 Å². The van der Waals surface area contributed by atoms with Crippen molar-refractivity contribution in [2.45, 2.75) is 45.4 Å². The fourth-order valence-electron chi connectivity index (χ4n) is 3.08. The number of aromatic amines is 1. The molecular weight excluding hydrogens is 369 g/mol. The van der Waals surface area contributed by atoms with Gasteiger partial charge >= 0.3 is 6.18 Å².